The summed E-state index contributed by atoms with van der Waals surface area (Å²) in [6.07, 6.45) is 3.04. The van der Waals surface area contributed by atoms with Crippen molar-refractivity contribution in [2.24, 2.45) is 5.10 Å². The molecule has 1 amide bonds. The minimum atomic E-state index is -0.556. The molecule has 0 saturated carbocycles. The van der Waals surface area contributed by atoms with Crippen LogP contribution in [0.25, 0.3) is 0 Å². The van der Waals surface area contributed by atoms with Gasteiger partial charge >= 0.3 is 6.09 Å². The van der Waals surface area contributed by atoms with Crippen LogP contribution in [0, 0.1) is 0 Å². The Bertz CT molecular complexity index is 422. The number of carbonyl (C=O) groups excluding carboxylic acids is 1. The quantitative estimate of drug-likeness (QED) is 0.519. The molecule has 1 rings (SSSR count). The minimum Gasteiger partial charge on any atom is -0.443 e. The predicted octanol–water partition coefficient (Wildman–Crippen LogP) is 3.27. The Kier molecular flexibility index (Phi) is 5.22. The maximum atomic E-state index is 11.3. The first-order valence-corrected chi connectivity index (χ1v) is 6.79. The van der Waals surface area contributed by atoms with Crippen LogP contribution in [0.1, 0.15) is 26.3 Å². The van der Waals surface area contributed by atoms with Gasteiger partial charge in [0.2, 0.25) is 0 Å². The van der Waals surface area contributed by atoms with Crippen LogP contribution >= 0.6 is 11.8 Å². The van der Waals surface area contributed by atoms with Gasteiger partial charge in [-0.05, 0) is 44.7 Å². The van der Waals surface area contributed by atoms with Crippen LogP contribution in [0.2, 0.25) is 0 Å². The number of hydrogen-bond acceptors (Lipinski definition) is 4. The highest BCUT2D eigenvalue weighted by atomic mass is 32.2. The number of thioether (sulfide) groups is 1. The summed E-state index contributed by atoms with van der Waals surface area (Å²) in [4.78, 5) is 12.5. The maximum Gasteiger partial charge on any atom is 0.428 e. The van der Waals surface area contributed by atoms with Gasteiger partial charge in [-0.15, -0.1) is 11.8 Å². The Morgan fingerprint density at radius 3 is 2.44 bits per heavy atom. The number of nitrogens with one attached hydrogen (secondary N) is 1. The first-order valence-electron chi connectivity index (χ1n) is 5.57. The largest absolute Gasteiger partial charge is 0.443 e. The average molecular weight is 266 g/mol. The van der Waals surface area contributed by atoms with Gasteiger partial charge in [-0.3, -0.25) is 0 Å². The van der Waals surface area contributed by atoms with Crippen LogP contribution in [0.15, 0.2) is 34.3 Å². The smallest absolute Gasteiger partial charge is 0.428 e. The molecule has 98 valence electrons. The molecule has 0 aliphatic heterocycles. The van der Waals surface area contributed by atoms with E-state index in [1.807, 2.05) is 30.5 Å². The molecule has 1 aromatic carbocycles. The van der Waals surface area contributed by atoms with Crippen molar-refractivity contribution in [2.45, 2.75) is 31.3 Å². The normalized spacial score (nSPS) is 11.6. The lowest BCUT2D eigenvalue weighted by molar-refractivity contribution is 0.0529. The van der Waals surface area contributed by atoms with Gasteiger partial charge in [0.05, 0.1) is 6.21 Å². The average Bonchev–Trinajstić information content (AvgIpc) is 2.27. The van der Waals surface area contributed by atoms with Crippen LogP contribution in [-0.2, 0) is 4.74 Å². The zero-order valence-corrected chi connectivity index (χ0v) is 11.9. The fourth-order valence-electron chi connectivity index (χ4n) is 1.15. The van der Waals surface area contributed by atoms with Gasteiger partial charge in [0.1, 0.15) is 5.60 Å². The van der Waals surface area contributed by atoms with Crippen molar-refractivity contribution >= 4 is 24.1 Å². The summed E-state index contributed by atoms with van der Waals surface area (Å²) in [6, 6.07) is 7.87. The van der Waals surface area contributed by atoms with E-state index in [0.717, 1.165) is 5.56 Å². The van der Waals surface area contributed by atoms with E-state index in [0.29, 0.717) is 0 Å². The molecule has 0 spiro atoms. The van der Waals surface area contributed by atoms with Crippen LogP contribution in [-0.4, -0.2) is 24.2 Å². The molecule has 0 heterocycles. The SMILES string of the molecule is CSc1ccc(C=NNC(=O)OC(C)(C)C)cc1. The molecular weight excluding hydrogens is 248 g/mol. The Hall–Kier alpha value is -1.49. The molecule has 5 heteroatoms. The van der Waals surface area contributed by atoms with Gasteiger partial charge in [-0.2, -0.15) is 5.10 Å². The zero-order chi connectivity index (χ0) is 13.6. The van der Waals surface area contributed by atoms with Gasteiger partial charge in [0.25, 0.3) is 0 Å². The zero-order valence-electron chi connectivity index (χ0n) is 11.1. The number of benzene rings is 1. The molecular formula is C13H18N2O2S. The van der Waals surface area contributed by atoms with Crippen LogP contribution in [0.5, 0.6) is 0 Å². The number of carbonyl (C=O) groups is 1. The molecule has 0 saturated heterocycles. The molecule has 18 heavy (non-hydrogen) atoms. The molecule has 4 nitrogen and oxygen atoms in total. The van der Waals surface area contributed by atoms with E-state index in [2.05, 4.69) is 10.5 Å². The van der Waals surface area contributed by atoms with Crippen molar-refractivity contribution in [2.75, 3.05) is 6.26 Å². The lowest BCUT2D eigenvalue weighted by atomic mass is 10.2. The lowest BCUT2D eigenvalue weighted by Gasteiger charge is -2.18. The Morgan fingerprint density at radius 2 is 1.94 bits per heavy atom. The molecule has 0 aliphatic carbocycles. The number of ether oxygens (including phenoxy) is 1. The van der Waals surface area contributed by atoms with Crippen LogP contribution in [0.3, 0.4) is 0 Å². The molecule has 1 aromatic rings. The molecule has 0 aliphatic rings. The van der Waals surface area contributed by atoms with Gasteiger partial charge in [-0.1, -0.05) is 12.1 Å². The topological polar surface area (TPSA) is 50.7 Å². The van der Waals surface area contributed by atoms with E-state index in [9.17, 15) is 4.79 Å². The third kappa shape index (κ3) is 5.72. The number of hydrazone groups is 1. The second-order valence-electron chi connectivity index (χ2n) is 4.65. The monoisotopic (exact) mass is 266 g/mol. The highest BCUT2D eigenvalue weighted by molar-refractivity contribution is 7.98. The first-order chi connectivity index (χ1) is 8.40. The fourth-order valence-corrected chi connectivity index (χ4v) is 1.56. The Balaban J connectivity index is 2.47. The molecule has 0 radical (unpaired) electrons. The number of amides is 1. The van der Waals surface area contributed by atoms with E-state index < -0.39 is 11.7 Å². The van der Waals surface area contributed by atoms with E-state index in [-0.39, 0.29) is 0 Å². The molecule has 1 N–H and O–H groups in total. The number of nitrogens with zero attached hydrogens (tertiary/aromatic N) is 1. The summed E-state index contributed by atoms with van der Waals surface area (Å²) in [7, 11) is 0. The highest BCUT2D eigenvalue weighted by Gasteiger charge is 2.15. The van der Waals surface area contributed by atoms with Crippen molar-refractivity contribution in [3.05, 3.63) is 29.8 Å². The first kappa shape index (κ1) is 14.6. The van der Waals surface area contributed by atoms with Crippen molar-refractivity contribution in [1.29, 1.82) is 0 Å². The van der Waals surface area contributed by atoms with Crippen molar-refractivity contribution in [3.8, 4) is 0 Å². The fraction of sp³-hybridized carbons (Fsp3) is 0.385. The Morgan fingerprint density at radius 1 is 1.33 bits per heavy atom. The highest BCUT2D eigenvalue weighted by Crippen LogP contribution is 2.13. The third-order valence-corrected chi connectivity index (χ3v) is 2.63. The van der Waals surface area contributed by atoms with Crippen molar-refractivity contribution < 1.29 is 9.53 Å². The van der Waals surface area contributed by atoms with Gasteiger partial charge in [0, 0.05) is 4.90 Å². The van der Waals surface area contributed by atoms with Gasteiger partial charge in [0.15, 0.2) is 0 Å². The summed E-state index contributed by atoms with van der Waals surface area (Å²) in [6.45, 7) is 5.41. The van der Waals surface area contributed by atoms with Crippen molar-refractivity contribution in [3.63, 3.8) is 0 Å². The molecule has 0 fully saturated rings. The van der Waals surface area contributed by atoms with Gasteiger partial charge in [-0.25, -0.2) is 10.2 Å². The minimum absolute atomic E-state index is 0.514. The van der Waals surface area contributed by atoms with E-state index in [4.69, 9.17) is 4.74 Å². The van der Waals surface area contributed by atoms with E-state index in [1.54, 1.807) is 38.7 Å². The summed E-state index contributed by atoms with van der Waals surface area (Å²) >= 11 is 1.68. The molecule has 0 aromatic heterocycles. The second-order valence-corrected chi connectivity index (χ2v) is 5.52. The second kappa shape index (κ2) is 6.44. The summed E-state index contributed by atoms with van der Waals surface area (Å²) in [5.41, 5.74) is 2.73. The van der Waals surface area contributed by atoms with E-state index >= 15 is 0 Å². The molecule has 0 bridgehead atoms. The van der Waals surface area contributed by atoms with Crippen LogP contribution in [0.4, 0.5) is 4.79 Å². The summed E-state index contributed by atoms with van der Waals surface area (Å²) in [5.74, 6) is 0. The lowest BCUT2D eigenvalue weighted by Crippen LogP contribution is -2.29. The molecule has 0 unspecified atom stereocenters. The Labute approximate surface area is 112 Å². The van der Waals surface area contributed by atoms with Crippen molar-refractivity contribution in [1.82, 2.24) is 5.43 Å². The summed E-state index contributed by atoms with van der Waals surface area (Å²) in [5, 5.41) is 3.82. The third-order valence-electron chi connectivity index (χ3n) is 1.88. The maximum absolute atomic E-state index is 11.3. The van der Waals surface area contributed by atoms with Crippen LogP contribution < -0.4 is 5.43 Å². The predicted molar refractivity (Wildman–Crippen MR) is 75.2 cm³/mol. The summed E-state index contributed by atoms with van der Waals surface area (Å²) < 4.78 is 5.05. The number of rotatable bonds is 3. The number of hydrogen-bond donors (Lipinski definition) is 1. The van der Waals surface area contributed by atoms with Gasteiger partial charge < -0.3 is 4.74 Å². The standard InChI is InChI=1S/C13H18N2O2S/c1-13(2,3)17-12(16)15-14-9-10-5-7-11(18-4)8-6-10/h5-9H,1-4H3,(H,15,16). The van der Waals surface area contributed by atoms with E-state index in [1.165, 1.54) is 4.90 Å². The molecule has 0 atom stereocenters.